The van der Waals surface area contributed by atoms with Gasteiger partial charge in [-0.05, 0) is 72.2 Å². The van der Waals surface area contributed by atoms with Crippen molar-refractivity contribution >= 4 is 29.0 Å². The Labute approximate surface area is 265 Å². The zero-order chi connectivity index (χ0) is 32.5. The number of guanidine groups is 3. The summed E-state index contributed by atoms with van der Waals surface area (Å²) in [7, 11) is 0. The van der Waals surface area contributed by atoms with Gasteiger partial charge in [-0.15, -0.1) is 10.2 Å². The first-order chi connectivity index (χ1) is 22.1. The van der Waals surface area contributed by atoms with Gasteiger partial charge >= 0.3 is 0 Å². The van der Waals surface area contributed by atoms with Crippen LogP contribution in [0.2, 0.25) is 0 Å². The fourth-order valence-electron chi connectivity index (χ4n) is 6.46. The molecule has 12 nitrogen and oxygen atoms in total. The molecule has 3 aliphatic rings. The molecular weight excluding hydrogens is 590 g/mol. The van der Waals surface area contributed by atoms with Gasteiger partial charge in [-0.25, -0.2) is 8.78 Å². The van der Waals surface area contributed by atoms with Gasteiger partial charge < -0.3 is 36.5 Å². The highest BCUT2D eigenvalue weighted by Gasteiger charge is 2.30. The van der Waals surface area contributed by atoms with Crippen molar-refractivity contribution in [2.24, 2.45) is 17.2 Å². The molecule has 0 atom stereocenters. The predicted octanol–water partition coefficient (Wildman–Crippen LogP) is 3.39. The summed E-state index contributed by atoms with van der Waals surface area (Å²) >= 11 is 0. The zero-order valence-electron chi connectivity index (χ0n) is 25.4. The first-order valence-electron chi connectivity index (χ1n) is 15.3. The van der Waals surface area contributed by atoms with Crippen molar-refractivity contribution in [3.05, 3.63) is 71.3 Å². The Morgan fingerprint density at radius 1 is 0.652 bits per heavy atom. The lowest BCUT2D eigenvalue weighted by molar-refractivity contribution is 0.265. The molecule has 1 aromatic heterocycles. The minimum Gasteiger partial charge on any atom is -0.370 e. The zero-order valence-corrected chi connectivity index (χ0v) is 25.4. The molecule has 1 fully saturated rings. The molecule has 46 heavy (non-hydrogen) atoms. The fourth-order valence-corrected chi connectivity index (χ4v) is 6.46. The van der Waals surface area contributed by atoms with E-state index < -0.39 is 11.6 Å². The SMILES string of the molecule is N=C(N)N1CC=C(c2ccc(-c3nnc(-c4ccc(C5=CCN(C(=N)N)CC5)cc4F)n3C3CCN(C(=N)N)CC3)c(F)c2)CC1. The number of hydrogen-bond acceptors (Lipinski definition) is 5. The molecular formula is C32H38F2N12. The van der Waals surface area contributed by atoms with Gasteiger partial charge in [0.05, 0.1) is 11.1 Å². The van der Waals surface area contributed by atoms with Crippen molar-refractivity contribution in [2.75, 3.05) is 39.3 Å². The van der Waals surface area contributed by atoms with Crippen molar-refractivity contribution in [3.63, 3.8) is 0 Å². The first kappa shape index (κ1) is 30.7. The maximum atomic E-state index is 15.9. The summed E-state index contributed by atoms with van der Waals surface area (Å²) in [6.45, 7) is 3.19. The molecule has 4 heterocycles. The Bertz CT molecular complexity index is 1640. The lowest BCUT2D eigenvalue weighted by Crippen LogP contribution is -2.42. The summed E-state index contributed by atoms with van der Waals surface area (Å²) in [5.41, 5.74) is 20.9. The van der Waals surface area contributed by atoms with Gasteiger partial charge in [0, 0.05) is 45.3 Å². The number of nitrogens with zero attached hydrogens (tertiary/aromatic N) is 6. The third-order valence-electron chi connectivity index (χ3n) is 9.13. The lowest BCUT2D eigenvalue weighted by Gasteiger charge is -2.34. The third-order valence-corrected chi connectivity index (χ3v) is 9.13. The Balaban J connectivity index is 1.35. The second-order valence-electron chi connectivity index (χ2n) is 11.8. The van der Waals surface area contributed by atoms with Crippen molar-refractivity contribution in [1.29, 1.82) is 16.2 Å². The van der Waals surface area contributed by atoms with E-state index >= 15 is 8.78 Å². The molecule has 0 saturated carbocycles. The average molecular weight is 629 g/mol. The standard InChI is InChI=1S/C32H38F2N12/c33-26-17-21(19-5-11-43(12-6-19)30(35)36)1-3-24(26)28-41-42-29(46(28)23-9-15-45(16-10-23)32(39)40)25-4-2-22(18-27(25)34)20-7-13-44(14-8-20)31(37)38/h1-5,7,17-18,23H,6,8-16H2,(H3,35,36)(H3,37,38)(H3,39,40). The van der Waals surface area contributed by atoms with Crippen molar-refractivity contribution in [3.8, 4) is 22.8 Å². The van der Waals surface area contributed by atoms with Crippen molar-refractivity contribution in [2.45, 2.75) is 31.7 Å². The molecule has 1 saturated heterocycles. The smallest absolute Gasteiger partial charge is 0.188 e. The maximum Gasteiger partial charge on any atom is 0.188 e. The number of piperidine rings is 1. The largest absolute Gasteiger partial charge is 0.370 e. The van der Waals surface area contributed by atoms with E-state index in [4.69, 9.17) is 33.4 Å². The highest BCUT2D eigenvalue weighted by Crippen LogP contribution is 2.37. The van der Waals surface area contributed by atoms with Crippen LogP contribution in [-0.4, -0.2) is 86.6 Å². The van der Waals surface area contributed by atoms with Gasteiger partial charge in [0.1, 0.15) is 11.6 Å². The van der Waals surface area contributed by atoms with Crippen LogP contribution in [0, 0.1) is 27.9 Å². The second-order valence-corrected chi connectivity index (χ2v) is 11.8. The molecule has 0 unspecified atom stereocenters. The molecule has 3 aromatic rings. The molecule has 2 aromatic carbocycles. The van der Waals surface area contributed by atoms with E-state index in [9.17, 15) is 0 Å². The number of likely N-dealkylation sites (tertiary alicyclic amines) is 1. The van der Waals surface area contributed by atoms with Gasteiger partial charge in [0.25, 0.3) is 0 Å². The van der Waals surface area contributed by atoms with Gasteiger partial charge in [0.2, 0.25) is 0 Å². The minimum absolute atomic E-state index is 0.00204. The summed E-state index contributed by atoms with van der Waals surface area (Å²) in [6, 6.07) is 9.89. The average Bonchev–Trinajstić information content (AvgIpc) is 3.49. The number of hydrogen-bond donors (Lipinski definition) is 6. The lowest BCUT2D eigenvalue weighted by atomic mass is 9.97. The second kappa shape index (κ2) is 12.6. The molecule has 0 radical (unpaired) electrons. The molecule has 0 bridgehead atoms. The van der Waals surface area contributed by atoms with Gasteiger partial charge in [-0.3, -0.25) is 16.2 Å². The molecule has 3 aliphatic heterocycles. The molecule has 14 heteroatoms. The Hall–Kier alpha value is -5.27. The summed E-state index contributed by atoms with van der Waals surface area (Å²) in [4.78, 5) is 5.27. The molecule has 9 N–H and O–H groups in total. The highest BCUT2D eigenvalue weighted by atomic mass is 19.1. The molecule has 240 valence electrons. The van der Waals surface area contributed by atoms with Crippen LogP contribution in [0.1, 0.15) is 42.9 Å². The van der Waals surface area contributed by atoms with E-state index in [-0.39, 0.29) is 35.0 Å². The number of nitrogens with two attached hydrogens (primary N) is 3. The van der Waals surface area contributed by atoms with Gasteiger partial charge in [-0.2, -0.15) is 0 Å². The normalized spacial score (nSPS) is 17.5. The molecule has 0 spiro atoms. The molecule has 6 rings (SSSR count). The number of aromatic nitrogens is 3. The topological polar surface area (TPSA) is 190 Å². The van der Waals surface area contributed by atoms with Crippen molar-refractivity contribution in [1.82, 2.24) is 29.5 Å². The summed E-state index contributed by atoms with van der Waals surface area (Å²) in [6.07, 6.45) is 6.37. The summed E-state index contributed by atoms with van der Waals surface area (Å²) in [5.74, 6) is -0.287. The van der Waals surface area contributed by atoms with Crippen LogP contribution < -0.4 is 17.2 Å². The van der Waals surface area contributed by atoms with Crippen LogP contribution in [0.15, 0.2) is 48.6 Å². The number of rotatable bonds is 5. The third kappa shape index (κ3) is 6.02. The van der Waals surface area contributed by atoms with Gasteiger partial charge in [-0.1, -0.05) is 24.3 Å². The highest BCUT2D eigenvalue weighted by molar-refractivity contribution is 5.79. The van der Waals surface area contributed by atoms with Crippen LogP contribution in [0.5, 0.6) is 0 Å². The van der Waals surface area contributed by atoms with Crippen LogP contribution in [0.3, 0.4) is 0 Å². The minimum atomic E-state index is -0.464. The monoisotopic (exact) mass is 628 g/mol. The van der Waals surface area contributed by atoms with E-state index in [1.54, 1.807) is 26.8 Å². The van der Waals surface area contributed by atoms with E-state index in [1.807, 2.05) is 28.9 Å². The number of nitrogens with one attached hydrogen (secondary N) is 3. The van der Waals surface area contributed by atoms with Crippen LogP contribution in [-0.2, 0) is 0 Å². The van der Waals surface area contributed by atoms with E-state index in [2.05, 4.69) is 10.2 Å². The molecule has 0 amide bonds. The summed E-state index contributed by atoms with van der Waals surface area (Å²) in [5, 5.41) is 32.0. The van der Waals surface area contributed by atoms with Crippen LogP contribution in [0.25, 0.3) is 33.9 Å². The van der Waals surface area contributed by atoms with E-state index in [0.29, 0.717) is 76.6 Å². The van der Waals surface area contributed by atoms with Gasteiger partial charge in [0.15, 0.2) is 29.5 Å². The molecule has 0 aliphatic carbocycles. The Kier molecular flexibility index (Phi) is 8.43. The van der Waals surface area contributed by atoms with Crippen LogP contribution in [0.4, 0.5) is 8.78 Å². The summed E-state index contributed by atoms with van der Waals surface area (Å²) < 4.78 is 33.7. The Morgan fingerprint density at radius 3 is 1.43 bits per heavy atom. The maximum absolute atomic E-state index is 15.9. The number of halogens is 2. The van der Waals surface area contributed by atoms with Crippen LogP contribution >= 0.6 is 0 Å². The Morgan fingerprint density at radius 2 is 1.09 bits per heavy atom. The van der Waals surface area contributed by atoms with E-state index in [1.165, 1.54) is 12.1 Å². The quantitative estimate of drug-likeness (QED) is 0.183. The van der Waals surface area contributed by atoms with Crippen molar-refractivity contribution < 1.29 is 8.78 Å². The fraction of sp³-hybridized carbons (Fsp3) is 0.344. The number of benzene rings is 2. The first-order valence-corrected chi connectivity index (χ1v) is 15.3. The van der Waals surface area contributed by atoms with E-state index in [0.717, 1.165) is 22.3 Å². The predicted molar refractivity (Wildman–Crippen MR) is 175 cm³/mol.